The molecule has 2 aromatic rings. The molecule has 0 bridgehead atoms. The van der Waals surface area contributed by atoms with Crippen LogP contribution >= 0.6 is 11.3 Å². The number of nitrogens with zero attached hydrogens (tertiary/aromatic N) is 3. The predicted octanol–water partition coefficient (Wildman–Crippen LogP) is 2.80. The van der Waals surface area contributed by atoms with Crippen LogP contribution in [0.2, 0.25) is 0 Å². The number of anilines is 1. The number of carbonyl (C=O) groups excluding carboxylic acids is 1. The Morgan fingerprint density at radius 1 is 1.37 bits per heavy atom. The van der Waals surface area contributed by atoms with E-state index in [1.54, 1.807) is 18.4 Å². The molecule has 2 aliphatic rings. The third-order valence-electron chi connectivity index (χ3n) is 5.25. The molecule has 1 aromatic carbocycles. The molecule has 3 heterocycles. The molecule has 146 valence electrons. The maximum Gasteiger partial charge on any atom is 0.321 e. The van der Waals surface area contributed by atoms with E-state index in [1.807, 2.05) is 24.0 Å². The Hall–Kier alpha value is -1.90. The van der Waals surface area contributed by atoms with E-state index in [9.17, 15) is 4.79 Å². The molecule has 0 spiro atoms. The number of hydrogen-bond acceptors (Lipinski definition) is 6. The summed E-state index contributed by atoms with van der Waals surface area (Å²) in [5, 5.41) is 4.04. The number of carbonyl (C=O) groups is 1. The van der Waals surface area contributed by atoms with Crippen molar-refractivity contribution in [3.63, 3.8) is 0 Å². The van der Waals surface area contributed by atoms with Crippen molar-refractivity contribution in [2.24, 2.45) is 5.92 Å². The van der Waals surface area contributed by atoms with Gasteiger partial charge >= 0.3 is 6.03 Å². The molecule has 1 unspecified atom stereocenters. The summed E-state index contributed by atoms with van der Waals surface area (Å²) >= 11 is 1.62. The van der Waals surface area contributed by atoms with Gasteiger partial charge in [-0.2, -0.15) is 0 Å². The first-order valence-electron chi connectivity index (χ1n) is 9.43. The number of thiazole rings is 1. The van der Waals surface area contributed by atoms with E-state index in [4.69, 9.17) is 9.47 Å². The molecule has 8 heteroatoms. The van der Waals surface area contributed by atoms with E-state index in [0.29, 0.717) is 17.4 Å². The number of aromatic nitrogens is 1. The first-order chi connectivity index (χ1) is 13.1. The number of urea groups is 1. The van der Waals surface area contributed by atoms with Crippen molar-refractivity contribution >= 4 is 33.3 Å². The van der Waals surface area contributed by atoms with Crippen LogP contribution in [0, 0.1) is 12.8 Å². The van der Waals surface area contributed by atoms with Gasteiger partial charge in [0, 0.05) is 38.8 Å². The Morgan fingerprint density at radius 2 is 2.19 bits per heavy atom. The Balaban J connectivity index is 1.39. The molecule has 2 aliphatic heterocycles. The van der Waals surface area contributed by atoms with Gasteiger partial charge in [0.15, 0.2) is 0 Å². The molecule has 0 saturated carbocycles. The van der Waals surface area contributed by atoms with Crippen LogP contribution in [0.25, 0.3) is 10.2 Å². The number of morpholine rings is 1. The quantitative estimate of drug-likeness (QED) is 0.870. The highest BCUT2D eigenvalue weighted by molar-refractivity contribution is 7.18. The zero-order valence-corrected chi connectivity index (χ0v) is 16.7. The fraction of sp³-hybridized carbons (Fsp3) is 0.579. The standard InChI is InChI=1S/C19H26N4O3S/c1-13-20-16-9-17(25-2)15(10-18(16)27-13)21-19(24)23-4-3-14(12-23)11-22-5-7-26-8-6-22/h9-10,14H,3-8,11-12H2,1-2H3,(H,21,24). The minimum atomic E-state index is -0.0571. The molecule has 4 rings (SSSR count). The molecule has 27 heavy (non-hydrogen) atoms. The summed E-state index contributed by atoms with van der Waals surface area (Å²) in [6.45, 7) is 8.24. The lowest BCUT2D eigenvalue weighted by Crippen LogP contribution is -2.40. The molecule has 2 fully saturated rings. The fourth-order valence-electron chi connectivity index (χ4n) is 3.85. The van der Waals surface area contributed by atoms with Gasteiger partial charge in [-0.25, -0.2) is 9.78 Å². The van der Waals surface area contributed by atoms with Crippen LogP contribution in [-0.2, 0) is 4.74 Å². The second-order valence-corrected chi connectivity index (χ2v) is 8.43. The zero-order chi connectivity index (χ0) is 18.8. The summed E-state index contributed by atoms with van der Waals surface area (Å²) in [4.78, 5) is 21.6. The van der Waals surface area contributed by atoms with E-state index in [1.165, 1.54) is 0 Å². The van der Waals surface area contributed by atoms with Crippen molar-refractivity contribution < 1.29 is 14.3 Å². The molecular formula is C19H26N4O3S. The Bertz CT molecular complexity index is 819. The molecule has 7 nitrogen and oxygen atoms in total. The Morgan fingerprint density at radius 3 is 2.96 bits per heavy atom. The molecule has 0 radical (unpaired) electrons. The number of ether oxygens (including phenoxy) is 2. The lowest BCUT2D eigenvalue weighted by Gasteiger charge is -2.29. The van der Waals surface area contributed by atoms with E-state index < -0.39 is 0 Å². The predicted molar refractivity (Wildman–Crippen MR) is 107 cm³/mol. The van der Waals surface area contributed by atoms with Crippen LogP contribution in [0.4, 0.5) is 10.5 Å². The van der Waals surface area contributed by atoms with E-state index in [0.717, 1.165) is 67.6 Å². The minimum Gasteiger partial charge on any atom is -0.494 e. The summed E-state index contributed by atoms with van der Waals surface area (Å²) in [7, 11) is 1.62. The molecular weight excluding hydrogens is 364 g/mol. The minimum absolute atomic E-state index is 0.0571. The Labute approximate surface area is 163 Å². The summed E-state index contributed by atoms with van der Waals surface area (Å²) in [5.41, 5.74) is 1.61. The summed E-state index contributed by atoms with van der Waals surface area (Å²) in [5.74, 6) is 1.17. The lowest BCUT2D eigenvalue weighted by molar-refractivity contribution is 0.0314. The number of amides is 2. The van der Waals surface area contributed by atoms with Gasteiger partial charge in [-0.05, 0) is 25.3 Å². The van der Waals surface area contributed by atoms with Crippen LogP contribution in [0.5, 0.6) is 5.75 Å². The smallest absolute Gasteiger partial charge is 0.321 e. The summed E-state index contributed by atoms with van der Waals surface area (Å²) in [6.07, 6.45) is 1.05. The maximum atomic E-state index is 12.8. The number of nitrogens with one attached hydrogen (secondary N) is 1. The molecule has 2 saturated heterocycles. The van der Waals surface area contributed by atoms with Crippen LogP contribution < -0.4 is 10.1 Å². The number of hydrogen-bond donors (Lipinski definition) is 1. The molecule has 2 amide bonds. The van der Waals surface area contributed by atoms with Crippen molar-refractivity contribution in [2.45, 2.75) is 13.3 Å². The number of rotatable bonds is 4. The molecule has 1 N–H and O–H groups in total. The van der Waals surface area contributed by atoms with Gasteiger partial charge in [0.25, 0.3) is 0 Å². The SMILES string of the molecule is COc1cc2nc(C)sc2cc1NC(=O)N1CCC(CN2CCOCC2)C1. The number of aryl methyl sites for hydroxylation is 1. The first-order valence-corrected chi connectivity index (χ1v) is 10.2. The van der Waals surface area contributed by atoms with Crippen molar-refractivity contribution in [3.05, 3.63) is 17.1 Å². The average Bonchev–Trinajstić information content (AvgIpc) is 3.27. The van der Waals surface area contributed by atoms with Crippen molar-refractivity contribution in [2.75, 3.05) is 58.4 Å². The number of benzene rings is 1. The van der Waals surface area contributed by atoms with Crippen molar-refractivity contribution in [1.29, 1.82) is 0 Å². The van der Waals surface area contributed by atoms with Gasteiger partial charge in [-0.15, -0.1) is 11.3 Å². The second kappa shape index (κ2) is 8.00. The maximum absolute atomic E-state index is 12.8. The lowest BCUT2D eigenvalue weighted by atomic mass is 10.1. The number of methoxy groups -OCH3 is 1. The average molecular weight is 391 g/mol. The second-order valence-electron chi connectivity index (χ2n) is 7.20. The van der Waals surface area contributed by atoms with Crippen LogP contribution in [-0.4, -0.2) is 73.9 Å². The third kappa shape index (κ3) is 4.17. The van der Waals surface area contributed by atoms with E-state index in [2.05, 4.69) is 15.2 Å². The Kier molecular flexibility index (Phi) is 5.47. The van der Waals surface area contributed by atoms with Gasteiger partial charge < -0.3 is 19.7 Å². The topological polar surface area (TPSA) is 66.9 Å². The summed E-state index contributed by atoms with van der Waals surface area (Å²) < 4.78 is 11.9. The van der Waals surface area contributed by atoms with Gasteiger partial charge in [0.1, 0.15) is 5.75 Å². The largest absolute Gasteiger partial charge is 0.494 e. The van der Waals surface area contributed by atoms with Gasteiger partial charge in [-0.1, -0.05) is 0 Å². The van der Waals surface area contributed by atoms with E-state index >= 15 is 0 Å². The fourth-order valence-corrected chi connectivity index (χ4v) is 4.69. The molecule has 0 aliphatic carbocycles. The third-order valence-corrected chi connectivity index (χ3v) is 6.18. The van der Waals surface area contributed by atoms with Crippen LogP contribution in [0.3, 0.4) is 0 Å². The van der Waals surface area contributed by atoms with E-state index in [-0.39, 0.29) is 6.03 Å². The highest BCUT2D eigenvalue weighted by atomic mass is 32.1. The summed E-state index contributed by atoms with van der Waals surface area (Å²) in [6, 6.07) is 3.79. The zero-order valence-electron chi connectivity index (χ0n) is 15.9. The first kappa shape index (κ1) is 18.5. The van der Waals surface area contributed by atoms with Crippen molar-refractivity contribution in [3.8, 4) is 5.75 Å². The highest BCUT2D eigenvalue weighted by Crippen LogP contribution is 2.33. The number of likely N-dealkylation sites (tertiary alicyclic amines) is 1. The van der Waals surface area contributed by atoms with Crippen molar-refractivity contribution in [1.82, 2.24) is 14.8 Å². The van der Waals surface area contributed by atoms with Crippen LogP contribution in [0.15, 0.2) is 12.1 Å². The van der Waals surface area contributed by atoms with Crippen LogP contribution in [0.1, 0.15) is 11.4 Å². The number of fused-ring (bicyclic) bond motifs is 1. The molecule has 1 atom stereocenters. The molecule has 1 aromatic heterocycles. The van der Waals surface area contributed by atoms with Gasteiger partial charge in [0.2, 0.25) is 0 Å². The normalized spacial score (nSPS) is 21.0. The van der Waals surface area contributed by atoms with Gasteiger partial charge in [-0.3, -0.25) is 4.90 Å². The van der Waals surface area contributed by atoms with Gasteiger partial charge in [0.05, 0.1) is 41.2 Å². The highest BCUT2D eigenvalue weighted by Gasteiger charge is 2.28. The monoisotopic (exact) mass is 390 g/mol.